The third kappa shape index (κ3) is 3.01. The van der Waals surface area contributed by atoms with E-state index >= 15 is 0 Å². The van der Waals surface area contributed by atoms with Crippen LogP contribution in [0.3, 0.4) is 0 Å². The smallest absolute Gasteiger partial charge is 0.0728 e. The molecule has 1 aromatic carbocycles. The van der Waals surface area contributed by atoms with E-state index in [2.05, 4.69) is 61.3 Å². The zero-order valence-electron chi connectivity index (χ0n) is 13.5. The van der Waals surface area contributed by atoms with Crippen LogP contribution >= 0.6 is 0 Å². The first kappa shape index (κ1) is 15.0. The lowest BCUT2D eigenvalue weighted by molar-refractivity contribution is -0.0149. The Morgan fingerprint density at radius 3 is 2.76 bits per heavy atom. The molecule has 3 heteroatoms. The summed E-state index contributed by atoms with van der Waals surface area (Å²) < 4.78 is 5.93. The predicted molar refractivity (Wildman–Crippen MR) is 86.4 cm³/mol. The number of ether oxygens (including phenoxy) is 1. The fourth-order valence-electron chi connectivity index (χ4n) is 3.81. The molecule has 4 atom stereocenters. The maximum Gasteiger partial charge on any atom is 0.0728 e. The van der Waals surface area contributed by atoms with Gasteiger partial charge in [-0.05, 0) is 39.2 Å². The molecule has 3 rings (SSSR count). The van der Waals surface area contributed by atoms with Crippen LogP contribution in [0, 0.1) is 0 Å². The molecule has 0 radical (unpaired) electrons. The van der Waals surface area contributed by atoms with Crippen LogP contribution in [-0.2, 0) is 10.3 Å². The summed E-state index contributed by atoms with van der Waals surface area (Å²) in [5.74, 6) is 0. The third-order valence-electron chi connectivity index (χ3n) is 5.29. The second-order valence-corrected chi connectivity index (χ2v) is 6.89. The van der Waals surface area contributed by atoms with E-state index in [-0.39, 0.29) is 5.54 Å². The fraction of sp³-hybridized carbons (Fsp3) is 0.667. The number of nitrogens with zero attached hydrogens (tertiary/aromatic N) is 1. The van der Waals surface area contributed by atoms with Crippen LogP contribution in [0.15, 0.2) is 30.3 Å². The Balaban J connectivity index is 1.78. The van der Waals surface area contributed by atoms with Gasteiger partial charge in [-0.15, -0.1) is 0 Å². The second-order valence-electron chi connectivity index (χ2n) is 6.89. The lowest BCUT2D eigenvalue weighted by atomic mass is 9.87. The molecule has 3 nitrogen and oxygen atoms in total. The van der Waals surface area contributed by atoms with Crippen LogP contribution in [0.25, 0.3) is 0 Å². The maximum atomic E-state index is 5.93. The van der Waals surface area contributed by atoms with Crippen molar-refractivity contribution in [3.63, 3.8) is 0 Å². The van der Waals surface area contributed by atoms with Crippen LogP contribution in [-0.4, -0.2) is 42.8 Å². The first-order chi connectivity index (χ1) is 10.1. The van der Waals surface area contributed by atoms with Gasteiger partial charge in [0, 0.05) is 31.8 Å². The van der Waals surface area contributed by atoms with E-state index in [0.29, 0.717) is 18.2 Å². The summed E-state index contributed by atoms with van der Waals surface area (Å²) in [6.07, 6.45) is 2.83. The summed E-state index contributed by atoms with van der Waals surface area (Å²) in [5, 5.41) is 3.75. The van der Waals surface area contributed by atoms with E-state index in [1.54, 1.807) is 0 Å². The predicted octanol–water partition coefficient (Wildman–Crippen LogP) is 2.76. The topological polar surface area (TPSA) is 24.5 Å². The lowest BCUT2D eigenvalue weighted by Gasteiger charge is -2.49. The van der Waals surface area contributed by atoms with Gasteiger partial charge in [0.15, 0.2) is 0 Å². The molecule has 4 unspecified atom stereocenters. The molecule has 0 saturated carbocycles. The molecule has 21 heavy (non-hydrogen) atoms. The van der Waals surface area contributed by atoms with Crippen LogP contribution < -0.4 is 5.32 Å². The normalized spacial score (nSPS) is 35.8. The van der Waals surface area contributed by atoms with Crippen molar-refractivity contribution in [3.05, 3.63) is 35.9 Å². The highest BCUT2D eigenvalue weighted by Gasteiger charge is 2.39. The van der Waals surface area contributed by atoms with Gasteiger partial charge in [0.25, 0.3) is 0 Å². The molecule has 2 fully saturated rings. The summed E-state index contributed by atoms with van der Waals surface area (Å²) >= 11 is 0. The van der Waals surface area contributed by atoms with Gasteiger partial charge in [0.1, 0.15) is 0 Å². The summed E-state index contributed by atoms with van der Waals surface area (Å²) in [4.78, 5) is 2.64. The number of hydrogen-bond acceptors (Lipinski definition) is 3. The van der Waals surface area contributed by atoms with Gasteiger partial charge in [-0.2, -0.15) is 0 Å². The third-order valence-corrected chi connectivity index (χ3v) is 5.29. The van der Waals surface area contributed by atoms with Crippen LogP contribution in [0.5, 0.6) is 0 Å². The van der Waals surface area contributed by atoms with E-state index in [9.17, 15) is 0 Å². The molecule has 0 bridgehead atoms. The van der Waals surface area contributed by atoms with Crippen molar-refractivity contribution in [2.24, 2.45) is 0 Å². The molecule has 0 aromatic heterocycles. The molecular formula is C18H28N2O. The van der Waals surface area contributed by atoms with E-state index in [1.807, 2.05) is 0 Å². The van der Waals surface area contributed by atoms with Crippen LogP contribution in [0.2, 0.25) is 0 Å². The van der Waals surface area contributed by atoms with Crippen molar-refractivity contribution < 1.29 is 4.74 Å². The van der Waals surface area contributed by atoms with E-state index in [1.165, 1.54) is 18.4 Å². The molecule has 2 aliphatic rings. The summed E-state index contributed by atoms with van der Waals surface area (Å²) in [5.41, 5.74) is 1.40. The Labute approximate surface area is 128 Å². The van der Waals surface area contributed by atoms with Crippen LogP contribution in [0.1, 0.15) is 39.2 Å². The van der Waals surface area contributed by atoms with E-state index < -0.39 is 0 Å². The molecule has 0 spiro atoms. The van der Waals surface area contributed by atoms with Gasteiger partial charge >= 0.3 is 0 Å². The highest BCUT2D eigenvalue weighted by atomic mass is 16.5. The van der Waals surface area contributed by atoms with Crippen molar-refractivity contribution in [1.29, 1.82) is 0 Å². The summed E-state index contributed by atoms with van der Waals surface area (Å²) in [7, 11) is 0. The van der Waals surface area contributed by atoms with E-state index in [0.717, 1.165) is 19.7 Å². The zero-order valence-corrected chi connectivity index (χ0v) is 13.5. The number of hydrogen-bond donors (Lipinski definition) is 1. The minimum atomic E-state index is 0.0284. The molecule has 2 aliphatic heterocycles. The quantitative estimate of drug-likeness (QED) is 0.925. The zero-order chi connectivity index (χ0) is 14.9. The van der Waals surface area contributed by atoms with Crippen molar-refractivity contribution in [1.82, 2.24) is 10.2 Å². The Morgan fingerprint density at radius 1 is 1.33 bits per heavy atom. The minimum Gasteiger partial charge on any atom is -0.377 e. The number of rotatable bonds is 3. The molecule has 0 aliphatic carbocycles. The Hall–Kier alpha value is -0.900. The molecule has 0 amide bonds. The van der Waals surface area contributed by atoms with Gasteiger partial charge in [-0.1, -0.05) is 30.3 Å². The van der Waals surface area contributed by atoms with Gasteiger partial charge < -0.3 is 10.1 Å². The first-order valence-electron chi connectivity index (χ1n) is 8.28. The molecule has 2 saturated heterocycles. The monoisotopic (exact) mass is 288 g/mol. The lowest BCUT2D eigenvalue weighted by Crippen LogP contribution is -2.63. The minimum absolute atomic E-state index is 0.0284. The highest BCUT2D eigenvalue weighted by molar-refractivity contribution is 5.25. The summed E-state index contributed by atoms with van der Waals surface area (Å²) in [6, 6.07) is 11.9. The van der Waals surface area contributed by atoms with Crippen molar-refractivity contribution >= 4 is 0 Å². The first-order valence-corrected chi connectivity index (χ1v) is 8.28. The maximum absolute atomic E-state index is 5.93. The van der Waals surface area contributed by atoms with Crippen molar-refractivity contribution in [3.8, 4) is 0 Å². The van der Waals surface area contributed by atoms with Crippen molar-refractivity contribution in [2.75, 3.05) is 19.7 Å². The molecule has 1 aromatic rings. The molecular weight excluding hydrogens is 260 g/mol. The van der Waals surface area contributed by atoms with Crippen molar-refractivity contribution in [2.45, 2.75) is 57.3 Å². The van der Waals surface area contributed by atoms with Gasteiger partial charge in [-0.3, -0.25) is 4.90 Å². The molecule has 1 N–H and O–H groups in total. The highest BCUT2D eigenvalue weighted by Crippen LogP contribution is 2.30. The standard InChI is InChI=1S/C18H28N2O/c1-14-12-19-18(3,16-8-5-4-6-9-16)13-20(14)15(2)17-10-7-11-21-17/h4-6,8-9,14-15,17,19H,7,10-13H2,1-3H3. The average molecular weight is 288 g/mol. The van der Waals surface area contributed by atoms with Gasteiger partial charge in [0.2, 0.25) is 0 Å². The van der Waals surface area contributed by atoms with E-state index in [4.69, 9.17) is 4.74 Å². The average Bonchev–Trinajstić information content (AvgIpc) is 3.04. The Bertz CT molecular complexity index is 458. The van der Waals surface area contributed by atoms with Gasteiger partial charge in [0.05, 0.1) is 11.6 Å². The SMILES string of the molecule is CC1CNC(C)(c2ccccc2)CN1C(C)C1CCCO1. The number of nitrogens with one attached hydrogen (secondary N) is 1. The number of piperazine rings is 1. The molecule has 116 valence electrons. The molecule has 2 heterocycles. The summed E-state index contributed by atoms with van der Waals surface area (Å²) in [6.45, 7) is 9.99. The Morgan fingerprint density at radius 2 is 2.10 bits per heavy atom. The van der Waals surface area contributed by atoms with Crippen LogP contribution in [0.4, 0.5) is 0 Å². The fourth-order valence-corrected chi connectivity index (χ4v) is 3.81. The number of benzene rings is 1. The van der Waals surface area contributed by atoms with Gasteiger partial charge in [-0.25, -0.2) is 0 Å². The largest absolute Gasteiger partial charge is 0.377 e. The Kier molecular flexibility index (Phi) is 4.34. The second kappa shape index (κ2) is 6.07.